The third-order valence-electron chi connectivity index (χ3n) is 3.97. The van der Waals surface area contributed by atoms with E-state index in [4.69, 9.17) is 15.2 Å². The molecular formula is C20H24INO3S. The van der Waals surface area contributed by atoms with E-state index in [2.05, 4.69) is 41.6 Å². The highest BCUT2D eigenvalue weighted by Gasteiger charge is 2.13. The molecule has 4 nitrogen and oxygen atoms in total. The second kappa shape index (κ2) is 10.1. The van der Waals surface area contributed by atoms with Crippen molar-refractivity contribution in [1.29, 1.82) is 0 Å². The molecular weight excluding hydrogens is 461 g/mol. The minimum absolute atomic E-state index is 0.379. The lowest BCUT2D eigenvalue weighted by atomic mass is 10.0. The largest absolute Gasteiger partial charge is 0.493 e. The smallest absolute Gasteiger partial charge is 0.249 e. The van der Waals surface area contributed by atoms with Gasteiger partial charge in [0.25, 0.3) is 0 Å². The van der Waals surface area contributed by atoms with Gasteiger partial charge >= 0.3 is 0 Å². The highest BCUT2D eigenvalue weighted by atomic mass is 127. The van der Waals surface area contributed by atoms with Gasteiger partial charge in [-0.2, -0.15) is 0 Å². The average molecular weight is 485 g/mol. The Bertz CT molecular complexity index is 780. The Morgan fingerprint density at radius 2 is 1.92 bits per heavy atom. The Morgan fingerprint density at radius 3 is 2.54 bits per heavy atom. The summed E-state index contributed by atoms with van der Waals surface area (Å²) in [5.41, 5.74) is 8.39. The Kier molecular flexibility index (Phi) is 8.09. The standard InChI is InChI=1S/C20H24INO3S/c1-4-5-8-26-18-12-13(6-7-15(18)20(22)23)9-14-10-16(21)19(25-3)17(11-14)24-2/h6-7,10-12H,4-5,8-9H2,1-3H3,(H2,22,23). The molecule has 0 aliphatic carbocycles. The maximum atomic E-state index is 11.7. The summed E-state index contributed by atoms with van der Waals surface area (Å²) in [6.07, 6.45) is 2.99. The van der Waals surface area contributed by atoms with Gasteiger partial charge in [0, 0.05) is 4.90 Å². The number of thioether (sulfide) groups is 1. The summed E-state index contributed by atoms with van der Waals surface area (Å²) in [5, 5.41) is 0. The van der Waals surface area contributed by atoms with Crippen LogP contribution in [0.25, 0.3) is 0 Å². The summed E-state index contributed by atoms with van der Waals surface area (Å²) in [6.45, 7) is 2.16. The van der Waals surface area contributed by atoms with Crippen molar-refractivity contribution in [1.82, 2.24) is 0 Å². The topological polar surface area (TPSA) is 61.6 Å². The summed E-state index contributed by atoms with van der Waals surface area (Å²) in [4.78, 5) is 12.7. The molecule has 2 rings (SSSR count). The fourth-order valence-corrected chi connectivity index (χ4v) is 4.73. The highest BCUT2D eigenvalue weighted by Crippen LogP contribution is 2.34. The number of methoxy groups -OCH3 is 2. The molecule has 0 bridgehead atoms. The van der Waals surface area contributed by atoms with E-state index in [1.807, 2.05) is 18.2 Å². The maximum absolute atomic E-state index is 11.7. The zero-order valence-corrected chi connectivity index (χ0v) is 18.3. The van der Waals surface area contributed by atoms with E-state index in [9.17, 15) is 4.79 Å². The van der Waals surface area contributed by atoms with Crippen LogP contribution < -0.4 is 15.2 Å². The quantitative estimate of drug-likeness (QED) is 0.312. The van der Waals surface area contributed by atoms with Gasteiger partial charge < -0.3 is 15.2 Å². The lowest BCUT2D eigenvalue weighted by molar-refractivity contribution is 0.0997. The molecule has 0 heterocycles. The van der Waals surface area contributed by atoms with Crippen molar-refractivity contribution in [3.05, 3.63) is 50.6 Å². The summed E-state index contributed by atoms with van der Waals surface area (Å²) in [7, 11) is 3.28. The lowest BCUT2D eigenvalue weighted by Gasteiger charge is -2.13. The molecule has 140 valence electrons. The van der Waals surface area contributed by atoms with Crippen molar-refractivity contribution in [2.24, 2.45) is 5.73 Å². The summed E-state index contributed by atoms with van der Waals surface area (Å²) in [5.74, 6) is 2.07. The van der Waals surface area contributed by atoms with Crippen LogP contribution in [0.5, 0.6) is 11.5 Å². The number of rotatable bonds is 9. The Morgan fingerprint density at radius 1 is 1.15 bits per heavy atom. The minimum Gasteiger partial charge on any atom is -0.493 e. The van der Waals surface area contributed by atoms with Crippen molar-refractivity contribution >= 4 is 40.3 Å². The van der Waals surface area contributed by atoms with Gasteiger partial charge in [-0.3, -0.25) is 4.79 Å². The molecule has 0 aliphatic rings. The molecule has 0 aliphatic heterocycles. The molecule has 2 aromatic rings. The van der Waals surface area contributed by atoms with Crippen molar-refractivity contribution in [2.45, 2.75) is 31.1 Å². The van der Waals surface area contributed by atoms with Crippen molar-refractivity contribution < 1.29 is 14.3 Å². The number of carbonyl (C=O) groups excluding carboxylic acids is 1. The number of nitrogens with two attached hydrogens (primary N) is 1. The molecule has 26 heavy (non-hydrogen) atoms. The third kappa shape index (κ3) is 5.30. The van der Waals surface area contributed by atoms with Crippen LogP contribution in [-0.4, -0.2) is 25.9 Å². The van der Waals surface area contributed by atoms with E-state index >= 15 is 0 Å². The number of primary amides is 1. The van der Waals surface area contributed by atoms with Crippen LogP contribution in [0.4, 0.5) is 0 Å². The SMILES string of the molecule is CCCCSc1cc(Cc2cc(I)c(OC)c(OC)c2)ccc1C(N)=O. The molecule has 0 saturated carbocycles. The summed E-state index contributed by atoms with van der Waals surface area (Å²) in [6, 6.07) is 9.95. The van der Waals surface area contributed by atoms with Gasteiger partial charge in [0.15, 0.2) is 11.5 Å². The van der Waals surface area contributed by atoms with E-state index < -0.39 is 0 Å². The molecule has 1 amide bonds. The minimum atomic E-state index is -0.379. The predicted molar refractivity (Wildman–Crippen MR) is 116 cm³/mol. The van der Waals surface area contributed by atoms with Crippen LogP contribution in [-0.2, 0) is 6.42 Å². The first-order valence-electron chi connectivity index (χ1n) is 8.46. The fourth-order valence-electron chi connectivity index (χ4n) is 2.64. The molecule has 6 heteroatoms. The molecule has 0 spiro atoms. The van der Waals surface area contributed by atoms with Gasteiger partial charge in [-0.1, -0.05) is 19.4 Å². The van der Waals surface area contributed by atoms with E-state index in [0.717, 1.165) is 56.1 Å². The molecule has 0 fully saturated rings. The molecule has 0 aromatic heterocycles. The number of hydrogen-bond acceptors (Lipinski definition) is 4. The third-order valence-corrected chi connectivity index (χ3v) is 5.91. The second-order valence-corrected chi connectivity index (χ2v) is 8.19. The van der Waals surface area contributed by atoms with Gasteiger partial charge in [-0.25, -0.2) is 0 Å². The van der Waals surface area contributed by atoms with Gasteiger partial charge in [-0.05, 0) is 76.6 Å². The summed E-state index contributed by atoms with van der Waals surface area (Å²) >= 11 is 3.95. The number of hydrogen-bond donors (Lipinski definition) is 1. The first-order chi connectivity index (χ1) is 12.5. The van der Waals surface area contributed by atoms with Gasteiger partial charge in [0.1, 0.15) is 0 Å². The van der Waals surface area contributed by atoms with Crippen LogP contribution in [0.3, 0.4) is 0 Å². The number of amides is 1. The van der Waals surface area contributed by atoms with Crippen LogP contribution in [0, 0.1) is 3.57 Å². The van der Waals surface area contributed by atoms with Crippen LogP contribution >= 0.6 is 34.4 Å². The van der Waals surface area contributed by atoms with E-state index in [1.54, 1.807) is 26.0 Å². The van der Waals surface area contributed by atoms with Crippen LogP contribution in [0.1, 0.15) is 41.3 Å². The zero-order chi connectivity index (χ0) is 19.1. The number of unbranched alkanes of at least 4 members (excludes halogenated alkanes) is 1. The Labute approximate surface area is 173 Å². The average Bonchev–Trinajstić information content (AvgIpc) is 2.61. The van der Waals surface area contributed by atoms with Crippen molar-refractivity contribution in [3.8, 4) is 11.5 Å². The predicted octanol–water partition coefficient (Wildman–Crippen LogP) is 4.89. The molecule has 0 unspecified atom stereocenters. The Hall–Kier alpha value is -1.41. The number of benzene rings is 2. The van der Waals surface area contributed by atoms with Crippen molar-refractivity contribution in [2.75, 3.05) is 20.0 Å². The lowest BCUT2D eigenvalue weighted by Crippen LogP contribution is -2.12. The van der Waals surface area contributed by atoms with Crippen molar-refractivity contribution in [3.63, 3.8) is 0 Å². The van der Waals surface area contributed by atoms with Crippen LogP contribution in [0.15, 0.2) is 35.2 Å². The molecule has 0 radical (unpaired) electrons. The molecule has 2 aromatic carbocycles. The molecule has 0 saturated heterocycles. The molecule has 0 atom stereocenters. The Balaban J connectivity index is 2.30. The summed E-state index contributed by atoms with van der Waals surface area (Å²) < 4.78 is 11.8. The zero-order valence-electron chi connectivity index (χ0n) is 15.3. The first kappa shape index (κ1) is 20.9. The monoisotopic (exact) mass is 485 g/mol. The van der Waals surface area contributed by atoms with Gasteiger partial charge in [-0.15, -0.1) is 11.8 Å². The number of carbonyl (C=O) groups is 1. The van der Waals surface area contributed by atoms with E-state index in [0.29, 0.717) is 5.56 Å². The van der Waals surface area contributed by atoms with Gasteiger partial charge in [0.2, 0.25) is 5.91 Å². The first-order valence-corrected chi connectivity index (χ1v) is 10.5. The number of halogens is 1. The normalized spacial score (nSPS) is 10.6. The highest BCUT2D eigenvalue weighted by molar-refractivity contribution is 14.1. The van der Waals surface area contributed by atoms with Crippen LogP contribution in [0.2, 0.25) is 0 Å². The van der Waals surface area contributed by atoms with E-state index in [1.165, 1.54) is 0 Å². The van der Waals surface area contributed by atoms with Gasteiger partial charge in [0.05, 0.1) is 23.4 Å². The molecule has 2 N–H and O–H groups in total. The van der Waals surface area contributed by atoms with E-state index in [-0.39, 0.29) is 5.91 Å². The second-order valence-electron chi connectivity index (χ2n) is 5.89. The fraction of sp³-hybridized carbons (Fsp3) is 0.350. The maximum Gasteiger partial charge on any atom is 0.249 e. The number of ether oxygens (including phenoxy) is 2.